The van der Waals surface area contributed by atoms with Gasteiger partial charge in [0.05, 0.1) is 0 Å². The molecule has 0 aromatic heterocycles. The van der Waals surface area contributed by atoms with E-state index in [1.807, 2.05) is 6.92 Å². The average Bonchev–Trinajstić information content (AvgIpc) is 2.18. The van der Waals surface area contributed by atoms with Crippen LogP contribution in [0.4, 0.5) is 0 Å². The van der Waals surface area contributed by atoms with Crippen molar-refractivity contribution in [1.82, 2.24) is 0 Å². The number of rotatable bonds is 4. The highest BCUT2D eigenvalue weighted by Gasteiger charge is 2.21. The Balaban J connectivity index is 2.17. The Morgan fingerprint density at radius 1 is 1.43 bits per heavy atom. The van der Waals surface area contributed by atoms with E-state index in [0.29, 0.717) is 25.0 Å². The van der Waals surface area contributed by atoms with Gasteiger partial charge in [0.25, 0.3) is 0 Å². The normalized spacial score (nSPS) is 18.2. The molecule has 0 aromatic carbocycles. The second kappa shape index (κ2) is 5.78. The van der Waals surface area contributed by atoms with E-state index in [1.165, 1.54) is 0 Å². The smallest absolute Gasteiger partial charge is 0.306 e. The molecule has 3 heteroatoms. The van der Waals surface area contributed by atoms with Crippen LogP contribution in [0.15, 0.2) is 0 Å². The molecule has 1 aliphatic rings. The Kier molecular flexibility index (Phi) is 4.63. The quantitative estimate of drug-likeness (QED) is 0.650. The van der Waals surface area contributed by atoms with E-state index >= 15 is 0 Å². The maximum atomic E-state index is 11.2. The molecule has 0 radical (unpaired) electrons. The van der Waals surface area contributed by atoms with Gasteiger partial charge >= 0.3 is 5.97 Å². The fourth-order valence-electron chi connectivity index (χ4n) is 1.60. The van der Waals surface area contributed by atoms with Crippen molar-refractivity contribution in [2.24, 2.45) is 0 Å². The zero-order valence-corrected chi connectivity index (χ0v) is 8.75. The van der Waals surface area contributed by atoms with Gasteiger partial charge in [0, 0.05) is 19.3 Å². The van der Waals surface area contributed by atoms with Gasteiger partial charge in [-0.25, -0.2) is 0 Å². The molecule has 80 valence electrons. The molecule has 1 fully saturated rings. The van der Waals surface area contributed by atoms with Crippen molar-refractivity contribution in [3.05, 3.63) is 0 Å². The van der Waals surface area contributed by atoms with Crippen LogP contribution in [0.25, 0.3) is 0 Å². The van der Waals surface area contributed by atoms with Gasteiger partial charge in [-0.05, 0) is 19.3 Å². The van der Waals surface area contributed by atoms with Crippen LogP contribution in [0.3, 0.4) is 0 Å². The van der Waals surface area contributed by atoms with Gasteiger partial charge in [-0.15, -0.1) is 0 Å². The van der Waals surface area contributed by atoms with Crippen molar-refractivity contribution in [3.8, 4) is 0 Å². The summed E-state index contributed by atoms with van der Waals surface area (Å²) >= 11 is 0. The van der Waals surface area contributed by atoms with Crippen LogP contribution >= 0.6 is 0 Å². The number of ether oxygens (including phenoxy) is 1. The molecule has 1 aliphatic carbocycles. The standard InChI is InChI=1S/C11H18O3/c1-2-3-4-11(13)14-10-7-5-9(12)6-8-10/h10H,2-8H2,1H3. The Hall–Kier alpha value is -0.860. The molecule has 0 amide bonds. The van der Waals surface area contributed by atoms with E-state index in [4.69, 9.17) is 4.74 Å². The number of Topliss-reactive ketones (excluding diaryl/α,β-unsaturated/α-hetero) is 1. The number of esters is 1. The first-order chi connectivity index (χ1) is 6.72. The van der Waals surface area contributed by atoms with Crippen molar-refractivity contribution in [2.75, 3.05) is 0 Å². The molecule has 0 aromatic rings. The van der Waals surface area contributed by atoms with Gasteiger partial charge in [0.1, 0.15) is 11.9 Å². The van der Waals surface area contributed by atoms with Crippen LogP contribution in [0.5, 0.6) is 0 Å². The molecular weight excluding hydrogens is 180 g/mol. The SMILES string of the molecule is CCCCC(=O)OC1CCC(=O)CC1. The number of ketones is 1. The summed E-state index contributed by atoms with van der Waals surface area (Å²) in [6, 6.07) is 0. The molecule has 0 atom stereocenters. The van der Waals surface area contributed by atoms with E-state index in [9.17, 15) is 9.59 Å². The third kappa shape index (κ3) is 3.90. The summed E-state index contributed by atoms with van der Waals surface area (Å²) in [5, 5.41) is 0. The Morgan fingerprint density at radius 2 is 2.07 bits per heavy atom. The van der Waals surface area contributed by atoms with E-state index in [2.05, 4.69) is 0 Å². The topological polar surface area (TPSA) is 43.4 Å². The summed E-state index contributed by atoms with van der Waals surface area (Å²) in [4.78, 5) is 22.2. The molecule has 0 saturated heterocycles. The highest BCUT2D eigenvalue weighted by atomic mass is 16.5. The second-order valence-corrected chi connectivity index (χ2v) is 3.83. The van der Waals surface area contributed by atoms with Crippen molar-refractivity contribution < 1.29 is 14.3 Å². The Morgan fingerprint density at radius 3 is 2.64 bits per heavy atom. The minimum atomic E-state index is -0.105. The van der Waals surface area contributed by atoms with Gasteiger partial charge in [-0.3, -0.25) is 9.59 Å². The molecule has 0 bridgehead atoms. The summed E-state index contributed by atoms with van der Waals surface area (Å²) in [5.41, 5.74) is 0. The van der Waals surface area contributed by atoms with E-state index in [0.717, 1.165) is 25.7 Å². The van der Waals surface area contributed by atoms with Crippen LogP contribution in [-0.2, 0) is 14.3 Å². The summed E-state index contributed by atoms with van der Waals surface area (Å²) < 4.78 is 5.25. The minimum Gasteiger partial charge on any atom is -0.462 e. The molecule has 0 spiro atoms. The first-order valence-corrected chi connectivity index (χ1v) is 5.43. The second-order valence-electron chi connectivity index (χ2n) is 3.83. The molecule has 1 saturated carbocycles. The molecule has 0 unspecified atom stereocenters. The lowest BCUT2D eigenvalue weighted by atomic mass is 9.96. The fourth-order valence-corrected chi connectivity index (χ4v) is 1.60. The van der Waals surface area contributed by atoms with E-state index in [-0.39, 0.29) is 12.1 Å². The largest absolute Gasteiger partial charge is 0.462 e. The summed E-state index contributed by atoms with van der Waals surface area (Å²) in [5.74, 6) is 0.192. The molecule has 1 rings (SSSR count). The lowest BCUT2D eigenvalue weighted by molar-refractivity contribution is -0.152. The first kappa shape index (κ1) is 11.2. The fraction of sp³-hybridized carbons (Fsp3) is 0.818. The van der Waals surface area contributed by atoms with Crippen molar-refractivity contribution in [2.45, 2.75) is 58.0 Å². The van der Waals surface area contributed by atoms with Crippen LogP contribution in [0, 0.1) is 0 Å². The third-order valence-corrected chi connectivity index (χ3v) is 2.52. The third-order valence-electron chi connectivity index (χ3n) is 2.52. The van der Waals surface area contributed by atoms with Crippen molar-refractivity contribution >= 4 is 11.8 Å². The maximum absolute atomic E-state index is 11.2. The summed E-state index contributed by atoms with van der Waals surface area (Å²) in [6.07, 6.45) is 5.01. The maximum Gasteiger partial charge on any atom is 0.306 e. The van der Waals surface area contributed by atoms with Crippen molar-refractivity contribution in [3.63, 3.8) is 0 Å². The number of hydrogen-bond acceptors (Lipinski definition) is 3. The predicted molar refractivity (Wildman–Crippen MR) is 52.9 cm³/mol. The molecule has 0 aliphatic heterocycles. The van der Waals surface area contributed by atoms with Crippen LogP contribution < -0.4 is 0 Å². The van der Waals surface area contributed by atoms with Gasteiger partial charge in [-0.2, -0.15) is 0 Å². The number of carbonyl (C=O) groups is 2. The van der Waals surface area contributed by atoms with Crippen LogP contribution in [0.1, 0.15) is 51.9 Å². The monoisotopic (exact) mass is 198 g/mol. The zero-order chi connectivity index (χ0) is 10.4. The molecular formula is C11H18O3. The zero-order valence-electron chi connectivity index (χ0n) is 8.75. The highest BCUT2D eigenvalue weighted by molar-refractivity contribution is 5.79. The summed E-state index contributed by atoms with van der Waals surface area (Å²) in [6.45, 7) is 2.05. The number of carbonyl (C=O) groups excluding carboxylic acids is 2. The highest BCUT2D eigenvalue weighted by Crippen LogP contribution is 2.18. The van der Waals surface area contributed by atoms with Crippen LogP contribution in [0.2, 0.25) is 0 Å². The van der Waals surface area contributed by atoms with Gasteiger partial charge in [0.15, 0.2) is 0 Å². The number of hydrogen-bond donors (Lipinski definition) is 0. The molecule has 14 heavy (non-hydrogen) atoms. The van der Waals surface area contributed by atoms with E-state index in [1.54, 1.807) is 0 Å². The van der Waals surface area contributed by atoms with Gasteiger partial charge < -0.3 is 4.74 Å². The predicted octanol–water partition coefficient (Wildman–Crippen LogP) is 2.23. The Labute approximate surface area is 84.8 Å². The lowest BCUT2D eigenvalue weighted by Crippen LogP contribution is -2.24. The molecule has 0 N–H and O–H groups in total. The van der Waals surface area contributed by atoms with Crippen LogP contribution in [-0.4, -0.2) is 17.9 Å². The Bertz CT molecular complexity index is 201. The number of unbranched alkanes of at least 4 members (excludes halogenated alkanes) is 1. The van der Waals surface area contributed by atoms with Gasteiger partial charge in [0.2, 0.25) is 0 Å². The minimum absolute atomic E-state index is 0.00273. The lowest BCUT2D eigenvalue weighted by Gasteiger charge is -2.21. The van der Waals surface area contributed by atoms with E-state index < -0.39 is 0 Å². The first-order valence-electron chi connectivity index (χ1n) is 5.43. The van der Waals surface area contributed by atoms with Crippen molar-refractivity contribution in [1.29, 1.82) is 0 Å². The van der Waals surface area contributed by atoms with Gasteiger partial charge in [-0.1, -0.05) is 13.3 Å². The molecule has 0 heterocycles. The summed E-state index contributed by atoms with van der Waals surface area (Å²) in [7, 11) is 0. The molecule has 3 nitrogen and oxygen atoms in total. The average molecular weight is 198 g/mol.